The van der Waals surface area contributed by atoms with Crippen LogP contribution in [0.1, 0.15) is 29.8 Å². The van der Waals surface area contributed by atoms with Gasteiger partial charge in [-0.2, -0.15) is 8.75 Å². The summed E-state index contributed by atoms with van der Waals surface area (Å²) in [7, 11) is 0. The number of aryl methyl sites for hydroxylation is 1. The first kappa shape index (κ1) is 18.2. The summed E-state index contributed by atoms with van der Waals surface area (Å²) in [6.07, 6.45) is 0.0811. The maximum absolute atomic E-state index is 12.4. The molecular weight excluding hydrogens is 368 g/mol. The summed E-state index contributed by atoms with van der Waals surface area (Å²) in [5, 5.41) is 5.95. The van der Waals surface area contributed by atoms with E-state index in [9.17, 15) is 4.79 Å². The van der Waals surface area contributed by atoms with Gasteiger partial charge in [-0.15, -0.1) is 0 Å². The van der Waals surface area contributed by atoms with Crippen LogP contribution in [0.4, 0.5) is 5.69 Å². The van der Waals surface area contributed by atoms with Crippen LogP contribution >= 0.6 is 23.9 Å². The number of nitrogens with zero attached hydrogens (tertiary/aromatic N) is 2. The van der Waals surface area contributed by atoms with Gasteiger partial charge in [-0.25, -0.2) is 0 Å². The van der Waals surface area contributed by atoms with Crippen LogP contribution in [0, 0.1) is 6.92 Å². The first-order valence-electron chi connectivity index (χ1n) is 8.05. The van der Waals surface area contributed by atoms with Crippen LogP contribution in [-0.4, -0.2) is 25.9 Å². The van der Waals surface area contributed by atoms with Crippen LogP contribution < -0.4 is 15.4 Å². The number of carbonyl (C=O) groups excluding carboxylic acids is 1. The first-order valence-corrected chi connectivity index (χ1v) is 9.19. The largest absolute Gasteiger partial charge is 0.491 e. The van der Waals surface area contributed by atoms with Crippen molar-refractivity contribution in [3.05, 3.63) is 47.5 Å². The van der Waals surface area contributed by atoms with Gasteiger partial charge >= 0.3 is 0 Å². The highest BCUT2D eigenvalue weighted by Crippen LogP contribution is 2.25. The molecule has 0 unspecified atom stereocenters. The number of aromatic nitrogens is 2. The predicted octanol–water partition coefficient (Wildman–Crippen LogP) is 3.91. The second-order valence-corrected chi connectivity index (χ2v) is 6.93. The average molecular weight is 387 g/mol. The van der Waals surface area contributed by atoms with Gasteiger partial charge in [0.1, 0.15) is 16.8 Å². The van der Waals surface area contributed by atoms with Gasteiger partial charge in [-0.3, -0.25) is 10.1 Å². The molecule has 26 heavy (non-hydrogen) atoms. The Morgan fingerprint density at radius 3 is 2.58 bits per heavy atom. The zero-order chi connectivity index (χ0) is 18.7. The van der Waals surface area contributed by atoms with Crippen molar-refractivity contribution in [1.82, 2.24) is 14.1 Å². The number of amides is 1. The number of hydrogen-bond donors (Lipinski definition) is 2. The number of thiocarbonyl (C=S) groups is 1. The molecule has 0 radical (unpaired) electrons. The molecule has 0 bridgehead atoms. The van der Waals surface area contributed by atoms with E-state index in [1.54, 1.807) is 24.3 Å². The zero-order valence-corrected chi connectivity index (χ0v) is 16.2. The Bertz CT molecular complexity index is 951. The van der Waals surface area contributed by atoms with E-state index in [0.29, 0.717) is 5.56 Å². The Hall–Kier alpha value is -2.58. The maximum Gasteiger partial charge on any atom is 0.257 e. The molecule has 0 aliphatic rings. The number of ether oxygens (including phenoxy) is 1. The van der Waals surface area contributed by atoms with Gasteiger partial charge in [0.15, 0.2) is 5.11 Å². The summed E-state index contributed by atoms with van der Waals surface area (Å²) in [5.74, 6) is 0.426. The van der Waals surface area contributed by atoms with E-state index >= 15 is 0 Å². The van der Waals surface area contributed by atoms with Gasteiger partial charge in [0.05, 0.1) is 23.5 Å². The van der Waals surface area contributed by atoms with Crippen LogP contribution in [-0.2, 0) is 0 Å². The van der Waals surface area contributed by atoms with Crippen molar-refractivity contribution in [2.24, 2.45) is 0 Å². The maximum atomic E-state index is 12.4. The highest BCUT2D eigenvalue weighted by Gasteiger charge is 2.13. The first-order chi connectivity index (χ1) is 12.4. The molecule has 2 aromatic carbocycles. The van der Waals surface area contributed by atoms with E-state index in [-0.39, 0.29) is 17.1 Å². The third-order valence-electron chi connectivity index (χ3n) is 3.59. The quantitative estimate of drug-likeness (QED) is 0.662. The normalized spacial score (nSPS) is 10.8. The van der Waals surface area contributed by atoms with Crippen LogP contribution in [0.3, 0.4) is 0 Å². The molecule has 1 aromatic heterocycles. The van der Waals surface area contributed by atoms with Crippen LogP contribution in [0.15, 0.2) is 36.4 Å². The second-order valence-electron chi connectivity index (χ2n) is 5.99. The van der Waals surface area contributed by atoms with Gasteiger partial charge in [0, 0.05) is 5.56 Å². The van der Waals surface area contributed by atoms with Gasteiger partial charge in [-0.1, -0.05) is 6.07 Å². The van der Waals surface area contributed by atoms with Crippen molar-refractivity contribution in [1.29, 1.82) is 0 Å². The lowest BCUT2D eigenvalue weighted by molar-refractivity contribution is 0.0977. The number of rotatable bonds is 4. The molecule has 3 rings (SSSR count). The monoisotopic (exact) mass is 386 g/mol. The third-order valence-corrected chi connectivity index (χ3v) is 4.34. The molecule has 0 aliphatic carbocycles. The summed E-state index contributed by atoms with van der Waals surface area (Å²) >= 11 is 6.42. The summed E-state index contributed by atoms with van der Waals surface area (Å²) in [6.45, 7) is 5.84. The zero-order valence-electron chi connectivity index (χ0n) is 14.6. The second kappa shape index (κ2) is 7.76. The van der Waals surface area contributed by atoms with Gasteiger partial charge in [0.25, 0.3) is 5.91 Å². The Labute approximate surface area is 160 Å². The number of fused-ring (bicyclic) bond motifs is 1. The molecule has 2 N–H and O–H groups in total. The molecule has 3 aromatic rings. The summed E-state index contributed by atoms with van der Waals surface area (Å²) in [6, 6.07) is 10.8. The van der Waals surface area contributed by atoms with Crippen molar-refractivity contribution >= 4 is 51.7 Å². The summed E-state index contributed by atoms with van der Waals surface area (Å²) in [5.41, 5.74) is 3.74. The Morgan fingerprint density at radius 2 is 1.88 bits per heavy atom. The minimum Gasteiger partial charge on any atom is -0.491 e. The summed E-state index contributed by atoms with van der Waals surface area (Å²) in [4.78, 5) is 12.4. The standard InChI is InChI=1S/C18H18N4O2S2/c1-10(2)24-13-7-5-12(6-8-13)17(23)20-18(25)19-15-11(3)4-9-14-16(15)22-26-21-14/h4-10H,1-3H3,(H2,19,20,23,25). The molecule has 8 heteroatoms. The van der Waals surface area contributed by atoms with E-state index in [1.807, 2.05) is 32.9 Å². The molecule has 1 amide bonds. The molecule has 0 saturated carbocycles. The van der Waals surface area contributed by atoms with Crippen molar-refractivity contribution in [3.8, 4) is 5.75 Å². The Balaban J connectivity index is 1.68. The molecule has 6 nitrogen and oxygen atoms in total. The van der Waals surface area contributed by atoms with Crippen molar-refractivity contribution < 1.29 is 9.53 Å². The summed E-state index contributed by atoms with van der Waals surface area (Å²) < 4.78 is 14.1. The SMILES string of the molecule is Cc1ccc2nsnc2c1NC(=S)NC(=O)c1ccc(OC(C)C)cc1. The van der Waals surface area contributed by atoms with E-state index in [2.05, 4.69) is 19.4 Å². The molecule has 0 spiro atoms. The molecule has 1 heterocycles. The Kier molecular flexibility index (Phi) is 5.43. The average Bonchev–Trinajstić information content (AvgIpc) is 3.06. The number of carbonyl (C=O) groups is 1. The highest BCUT2D eigenvalue weighted by molar-refractivity contribution is 7.80. The minimum absolute atomic E-state index is 0.0811. The molecule has 0 atom stereocenters. The lowest BCUT2D eigenvalue weighted by Crippen LogP contribution is -2.34. The van der Waals surface area contributed by atoms with E-state index in [0.717, 1.165) is 39.8 Å². The van der Waals surface area contributed by atoms with E-state index in [4.69, 9.17) is 17.0 Å². The van der Waals surface area contributed by atoms with E-state index in [1.165, 1.54) is 0 Å². The van der Waals surface area contributed by atoms with Crippen LogP contribution in [0.25, 0.3) is 11.0 Å². The number of nitrogens with one attached hydrogen (secondary N) is 2. The lowest BCUT2D eigenvalue weighted by Gasteiger charge is -2.13. The van der Waals surface area contributed by atoms with Crippen molar-refractivity contribution in [2.75, 3.05) is 5.32 Å². The van der Waals surface area contributed by atoms with Crippen molar-refractivity contribution in [2.45, 2.75) is 26.9 Å². The fraction of sp³-hybridized carbons (Fsp3) is 0.222. The number of anilines is 1. The molecule has 0 saturated heterocycles. The number of hydrogen-bond acceptors (Lipinski definition) is 6. The fourth-order valence-electron chi connectivity index (χ4n) is 2.39. The fourth-order valence-corrected chi connectivity index (χ4v) is 3.12. The number of benzene rings is 2. The van der Waals surface area contributed by atoms with E-state index < -0.39 is 0 Å². The molecular formula is C18H18N4O2S2. The van der Waals surface area contributed by atoms with Crippen LogP contribution in [0.2, 0.25) is 0 Å². The van der Waals surface area contributed by atoms with Crippen molar-refractivity contribution in [3.63, 3.8) is 0 Å². The predicted molar refractivity (Wildman–Crippen MR) is 108 cm³/mol. The highest BCUT2D eigenvalue weighted by atomic mass is 32.1. The lowest BCUT2D eigenvalue weighted by atomic mass is 10.1. The van der Waals surface area contributed by atoms with Crippen LogP contribution in [0.5, 0.6) is 5.75 Å². The van der Waals surface area contributed by atoms with Gasteiger partial charge in [0.2, 0.25) is 0 Å². The van der Waals surface area contributed by atoms with Gasteiger partial charge < -0.3 is 10.1 Å². The topological polar surface area (TPSA) is 76.1 Å². The Morgan fingerprint density at radius 1 is 1.15 bits per heavy atom. The molecule has 0 aliphatic heterocycles. The molecule has 0 fully saturated rings. The minimum atomic E-state index is -0.292. The van der Waals surface area contributed by atoms with Gasteiger partial charge in [-0.05, 0) is 68.9 Å². The third kappa shape index (κ3) is 4.14. The smallest absolute Gasteiger partial charge is 0.257 e. The molecule has 134 valence electrons.